The summed E-state index contributed by atoms with van der Waals surface area (Å²) in [6.45, 7) is 6.06. The third-order valence-electron chi connectivity index (χ3n) is 9.44. The quantitative estimate of drug-likeness (QED) is 0.299. The molecule has 4 aromatic rings. The van der Waals surface area contributed by atoms with Crippen LogP contribution in [0, 0.1) is 11.3 Å². The van der Waals surface area contributed by atoms with Crippen molar-refractivity contribution in [1.82, 2.24) is 29.8 Å². The summed E-state index contributed by atoms with van der Waals surface area (Å²) in [6.07, 6.45) is 12.5. The SMILES string of the molecule is CCCc1sc(N)c(C#N)c1C1CCCc2c(-c3nc(N4CCCCC4)c4cnn(CC5CCCN5C)c4n3)noc21. The number of hydrogen-bond donors (Lipinski definition) is 1. The number of aryl methyl sites for hydroxylation is 1. The average molecular weight is 586 g/mol. The molecule has 0 saturated carbocycles. The topological polar surface area (TPSA) is 126 Å². The lowest BCUT2D eigenvalue weighted by Crippen LogP contribution is -2.31. The van der Waals surface area contributed by atoms with Crippen LogP contribution in [-0.4, -0.2) is 62.5 Å². The number of anilines is 2. The van der Waals surface area contributed by atoms with Crippen molar-refractivity contribution in [1.29, 1.82) is 5.26 Å². The molecule has 0 aromatic carbocycles. The van der Waals surface area contributed by atoms with Crippen molar-refractivity contribution in [3.63, 3.8) is 0 Å². The van der Waals surface area contributed by atoms with E-state index >= 15 is 0 Å². The zero-order chi connectivity index (χ0) is 28.8. The highest BCUT2D eigenvalue weighted by Gasteiger charge is 2.35. The van der Waals surface area contributed by atoms with Crippen molar-refractivity contribution < 1.29 is 4.52 Å². The van der Waals surface area contributed by atoms with Gasteiger partial charge in [-0.25, -0.2) is 14.6 Å². The van der Waals surface area contributed by atoms with Crippen LogP contribution < -0.4 is 10.6 Å². The molecular formula is C31H39N9OS. The van der Waals surface area contributed by atoms with Gasteiger partial charge in [0.2, 0.25) is 0 Å². The molecule has 7 rings (SSSR count). The lowest BCUT2D eigenvalue weighted by atomic mass is 9.81. The second-order valence-electron chi connectivity index (χ2n) is 12.1. The Morgan fingerprint density at radius 3 is 2.74 bits per heavy atom. The fraction of sp³-hybridized carbons (Fsp3) is 0.581. The number of aromatic nitrogens is 5. The monoisotopic (exact) mass is 585 g/mol. The Morgan fingerprint density at radius 2 is 1.98 bits per heavy atom. The van der Waals surface area contributed by atoms with Gasteiger partial charge in [0.1, 0.15) is 22.6 Å². The normalized spacial score (nSPS) is 21.2. The minimum absolute atomic E-state index is 0.0338. The molecular weight excluding hydrogens is 546 g/mol. The first-order chi connectivity index (χ1) is 20.6. The van der Waals surface area contributed by atoms with E-state index in [2.05, 4.69) is 39.7 Å². The number of nitrogens with zero attached hydrogens (tertiary/aromatic N) is 8. The van der Waals surface area contributed by atoms with Crippen LogP contribution in [0.25, 0.3) is 22.6 Å². The van der Waals surface area contributed by atoms with Crippen LogP contribution in [0.3, 0.4) is 0 Å². The number of rotatable bonds is 7. The van der Waals surface area contributed by atoms with Gasteiger partial charge >= 0.3 is 0 Å². The maximum atomic E-state index is 10.0. The van der Waals surface area contributed by atoms with E-state index in [4.69, 9.17) is 25.3 Å². The first-order valence-corrected chi connectivity index (χ1v) is 16.4. The molecule has 0 amide bonds. The second kappa shape index (κ2) is 11.3. The molecule has 2 saturated heterocycles. The van der Waals surface area contributed by atoms with Gasteiger partial charge in [0.25, 0.3) is 0 Å². The highest BCUT2D eigenvalue weighted by molar-refractivity contribution is 7.16. The number of thiophene rings is 1. The molecule has 2 aliphatic heterocycles. The first-order valence-electron chi connectivity index (χ1n) is 15.6. The molecule has 0 spiro atoms. The fourth-order valence-electron chi connectivity index (χ4n) is 7.25. The van der Waals surface area contributed by atoms with Crippen LogP contribution in [0.4, 0.5) is 10.8 Å². The molecule has 10 nitrogen and oxygen atoms in total. The lowest BCUT2D eigenvalue weighted by molar-refractivity contribution is 0.276. The molecule has 2 atom stereocenters. The molecule has 2 fully saturated rings. The van der Waals surface area contributed by atoms with E-state index in [0.717, 1.165) is 111 Å². The van der Waals surface area contributed by atoms with Gasteiger partial charge in [-0.1, -0.05) is 18.5 Å². The first kappa shape index (κ1) is 27.3. The molecule has 11 heteroatoms. The molecule has 2 unspecified atom stereocenters. The number of nitriles is 1. The highest BCUT2D eigenvalue weighted by Crippen LogP contribution is 2.46. The van der Waals surface area contributed by atoms with Gasteiger partial charge in [-0.2, -0.15) is 10.4 Å². The minimum atomic E-state index is -0.0338. The van der Waals surface area contributed by atoms with Crippen LogP contribution in [0.15, 0.2) is 10.7 Å². The predicted octanol–water partition coefficient (Wildman–Crippen LogP) is 5.50. The Bertz CT molecular complexity index is 1640. The van der Waals surface area contributed by atoms with Crippen molar-refractivity contribution in [2.24, 2.45) is 0 Å². The van der Waals surface area contributed by atoms with Gasteiger partial charge in [0.15, 0.2) is 17.2 Å². The average Bonchev–Trinajstić information content (AvgIpc) is 3.79. The standard InChI is InChI=1S/C31H39N9OS/c1-3-9-24-25(22(16-32)28(33)42-24)20-11-7-12-21-26(37-41-27(20)21)29-35-30(39-14-5-4-6-15-39)23-17-34-40(31(23)36-29)18-19-10-8-13-38(19)2/h17,19-20H,3-15,18,33H2,1-2H3. The van der Waals surface area contributed by atoms with Crippen molar-refractivity contribution in [2.45, 2.75) is 89.6 Å². The summed E-state index contributed by atoms with van der Waals surface area (Å²) in [6, 6.07) is 2.84. The Hall–Kier alpha value is -3.49. The van der Waals surface area contributed by atoms with Gasteiger partial charge < -0.3 is 20.1 Å². The smallest absolute Gasteiger partial charge is 0.186 e. The number of hydrogen-bond acceptors (Lipinski definition) is 10. The summed E-state index contributed by atoms with van der Waals surface area (Å²) >= 11 is 1.55. The number of likely N-dealkylation sites (N-methyl/N-ethyl adjacent to an activating group) is 1. The fourth-order valence-corrected chi connectivity index (χ4v) is 8.43. The van der Waals surface area contributed by atoms with E-state index < -0.39 is 0 Å². The Labute approximate surface area is 250 Å². The predicted molar refractivity (Wildman–Crippen MR) is 165 cm³/mol. The third-order valence-corrected chi connectivity index (χ3v) is 10.5. The van der Waals surface area contributed by atoms with E-state index in [0.29, 0.717) is 22.4 Å². The molecule has 220 valence electrons. The summed E-state index contributed by atoms with van der Waals surface area (Å²) < 4.78 is 8.23. The number of nitrogens with two attached hydrogens (primary N) is 1. The summed E-state index contributed by atoms with van der Waals surface area (Å²) in [4.78, 5) is 16.3. The van der Waals surface area contributed by atoms with Crippen LogP contribution in [0.5, 0.6) is 0 Å². The van der Waals surface area contributed by atoms with Crippen LogP contribution in [0.1, 0.15) is 91.5 Å². The summed E-state index contributed by atoms with van der Waals surface area (Å²) in [5.41, 5.74) is 10.6. The van der Waals surface area contributed by atoms with Crippen LogP contribution in [-0.2, 0) is 19.4 Å². The van der Waals surface area contributed by atoms with Crippen molar-refractivity contribution >= 4 is 33.2 Å². The molecule has 2 N–H and O–H groups in total. The molecule has 6 heterocycles. The van der Waals surface area contributed by atoms with Crippen LogP contribution >= 0.6 is 11.3 Å². The molecule has 1 aliphatic carbocycles. The summed E-state index contributed by atoms with van der Waals surface area (Å²) in [7, 11) is 2.20. The number of likely N-dealkylation sites (tertiary alicyclic amines) is 1. The molecule has 4 aromatic heterocycles. The summed E-state index contributed by atoms with van der Waals surface area (Å²) in [5.74, 6) is 2.36. The van der Waals surface area contributed by atoms with E-state index in [1.807, 2.05) is 6.20 Å². The van der Waals surface area contributed by atoms with Crippen molar-refractivity contribution in [3.05, 3.63) is 33.5 Å². The minimum Gasteiger partial charge on any atom is -0.389 e. The van der Waals surface area contributed by atoms with Gasteiger partial charge in [-0.05, 0) is 76.9 Å². The third kappa shape index (κ3) is 4.65. The Morgan fingerprint density at radius 1 is 1.12 bits per heavy atom. The van der Waals surface area contributed by atoms with Gasteiger partial charge in [0.05, 0.1) is 23.7 Å². The number of fused-ring (bicyclic) bond motifs is 2. The molecule has 42 heavy (non-hydrogen) atoms. The van der Waals surface area contributed by atoms with Crippen molar-refractivity contribution in [3.8, 4) is 17.6 Å². The van der Waals surface area contributed by atoms with Gasteiger partial charge in [-0.15, -0.1) is 11.3 Å². The number of piperidine rings is 1. The van der Waals surface area contributed by atoms with Gasteiger partial charge in [0, 0.05) is 35.5 Å². The van der Waals surface area contributed by atoms with Crippen molar-refractivity contribution in [2.75, 3.05) is 37.3 Å². The molecule has 3 aliphatic rings. The van der Waals surface area contributed by atoms with Crippen LogP contribution in [0.2, 0.25) is 0 Å². The van der Waals surface area contributed by atoms with E-state index in [-0.39, 0.29) is 5.92 Å². The number of nitrogen functional groups attached to an aromatic ring is 1. The Kier molecular flexibility index (Phi) is 7.36. The second-order valence-corrected chi connectivity index (χ2v) is 13.3. The zero-order valence-corrected chi connectivity index (χ0v) is 25.4. The largest absolute Gasteiger partial charge is 0.389 e. The summed E-state index contributed by atoms with van der Waals surface area (Å²) in [5, 5.41) is 21.1. The molecule has 0 radical (unpaired) electrons. The maximum absolute atomic E-state index is 10.0. The highest BCUT2D eigenvalue weighted by atomic mass is 32.1. The van der Waals surface area contributed by atoms with E-state index in [9.17, 15) is 5.26 Å². The lowest BCUT2D eigenvalue weighted by Gasteiger charge is -2.28. The maximum Gasteiger partial charge on any atom is 0.186 e. The molecule has 0 bridgehead atoms. The Balaban J connectivity index is 1.34. The van der Waals surface area contributed by atoms with E-state index in [1.54, 1.807) is 11.3 Å². The van der Waals surface area contributed by atoms with E-state index in [1.165, 1.54) is 24.1 Å². The van der Waals surface area contributed by atoms with Gasteiger partial charge in [-0.3, -0.25) is 0 Å². The zero-order valence-electron chi connectivity index (χ0n) is 24.6.